The first-order chi connectivity index (χ1) is 7.91. The van der Waals surface area contributed by atoms with E-state index in [0.717, 1.165) is 6.42 Å². The molecule has 2 unspecified atom stereocenters. The van der Waals surface area contributed by atoms with E-state index in [1.54, 1.807) is 4.90 Å². The van der Waals surface area contributed by atoms with E-state index in [9.17, 15) is 9.59 Å². The number of likely N-dealkylation sites (tertiary alicyclic amines) is 1. The van der Waals surface area contributed by atoms with Gasteiger partial charge in [0.15, 0.2) is 0 Å². The summed E-state index contributed by atoms with van der Waals surface area (Å²) in [5.74, 6) is -0.528. The van der Waals surface area contributed by atoms with Gasteiger partial charge in [-0.05, 0) is 32.2 Å². The summed E-state index contributed by atoms with van der Waals surface area (Å²) >= 11 is 0. The van der Waals surface area contributed by atoms with E-state index in [1.165, 1.54) is 0 Å². The summed E-state index contributed by atoms with van der Waals surface area (Å²) in [6.45, 7) is 6.93. The van der Waals surface area contributed by atoms with Crippen LogP contribution in [0, 0.1) is 5.92 Å². The van der Waals surface area contributed by atoms with Crippen LogP contribution in [0.25, 0.3) is 0 Å². The van der Waals surface area contributed by atoms with E-state index in [1.807, 2.05) is 20.8 Å². The standard InChI is InChI=1S/C12H22N2O3/c1-8(2)9(3)13-11(15)7-14-6-4-5-10(14)12(16)17/h8-10H,4-7H2,1-3H3,(H,13,15)(H,16,17). The van der Waals surface area contributed by atoms with Crippen LogP contribution in [-0.2, 0) is 9.59 Å². The third-order valence-corrected chi connectivity index (χ3v) is 3.38. The Balaban J connectivity index is 2.43. The molecule has 0 radical (unpaired) electrons. The van der Waals surface area contributed by atoms with Crippen molar-refractivity contribution in [3.05, 3.63) is 0 Å². The van der Waals surface area contributed by atoms with Gasteiger partial charge in [0, 0.05) is 6.04 Å². The minimum Gasteiger partial charge on any atom is -0.480 e. The Morgan fingerprint density at radius 2 is 2.06 bits per heavy atom. The number of amides is 1. The predicted octanol–water partition coefficient (Wildman–Crippen LogP) is 0.696. The zero-order chi connectivity index (χ0) is 13.0. The number of hydrogen-bond donors (Lipinski definition) is 2. The molecule has 5 heteroatoms. The van der Waals surface area contributed by atoms with E-state index in [2.05, 4.69) is 5.32 Å². The van der Waals surface area contributed by atoms with Gasteiger partial charge in [-0.1, -0.05) is 13.8 Å². The number of hydrogen-bond acceptors (Lipinski definition) is 3. The van der Waals surface area contributed by atoms with Crippen LogP contribution < -0.4 is 5.32 Å². The topological polar surface area (TPSA) is 69.6 Å². The molecule has 0 aromatic rings. The van der Waals surface area contributed by atoms with Gasteiger partial charge in [0.2, 0.25) is 5.91 Å². The highest BCUT2D eigenvalue weighted by Crippen LogP contribution is 2.16. The third-order valence-electron chi connectivity index (χ3n) is 3.38. The molecule has 2 N–H and O–H groups in total. The Morgan fingerprint density at radius 3 is 2.59 bits per heavy atom. The molecule has 1 amide bonds. The predicted molar refractivity (Wildman–Crippen MR) is 64.7 cm³/mol. The van der Waals surface area contributed by atoms with Crippen LogP contribution in [0.3, 0.4) is 0 Å². The van der Waals surface area contributed by atoms with Crippen molar-refractivity contribution >= 4 is 11.9 Å². The lowest BCUT2D eigenvalue weighted by atomic mass is 10.1. The zero-order valence-corrected chi connectivity index (χ0v) is 10.8. The van der Waals surface area contributed by atoms with Crippen molar-refractivity contribution in [2.24, 2.45) is 5.92 Å². The van der Waals surface area contributed by atoms with Gasteiger partial charge in [0.1, 0.15) is 6.04 Å². The first kappa shape index (κ1) is 14.0. The van der Waals surface area contributed by atoms with Crippen LogP contribution in [0.1, 0.15) is 33.6 Å². The molecule has 1 heterocycles. The van der Waals surface area contributed by atoms with Gasteiger partial charge >= 0.3 is 5.97 Å². The summed E-state index contributed by atoms with van der Waals surface area (Å²) in [6, 6.07) is -0.372. The Hall–Kier alpha value is -1.10. The van der Waals surface area contributed by atoms with Gasteiger partial charge in [-0.3, -0.25) is 14.5 Å². The molecule has 1 rings (SSSR count). The van der Waals surface area contributed by atoms with Gasteiger partial charge in [-0.25, -0.2) is 0 Å². The Morgan fingerprint density at radius 1 is 1.41 bits per heavy atom. The van der Waals surface area contributed by atoms with Crippen LogP contribution in [0.4, 0.5) is 0 Å². The van der Waals surface area contributed by atoms with Crippen molar-refractivity contribution in [3.63, 3.8) is 0 Å². The second kappa shape index (κ2) is 6.00. The Labute approximate surface area is 102 Å². The molecule has 1 aliphatic rings. The number of carbonyl (C=O) groups excluding carboxylic acids is 1. The lowest BCUT2D eigenvalue weighted by Gasteiger charge is -2.23. The minimum atomic E-state index is -0.827. The lowest BCUT2D eigenvalue weighted by Crippen LogP contribution is -2.46. The first-order valence-corrected chi connectivity index (χ1v) is 6.18. The molecule has 17 heavy (non-hydrogen) atoms. The van der Waals surface area contributed by atoms with Gasteiger partial charge in [-0.15, -0.1) is 0 Å². The number of aliphatic carboxylic acids is 1. The first-order valence-electron chi connectivity index (χ1n) is 6.18. The minimum absolute atomic E-state index is 0.0839. The smallest absolute Gasteiger partial charge is 0.320 e. The van der Waals surface area contributed by atoms with Crippen LogP contribution in [0.5, 0.6) is 0 Å². The molecule has 0 bridgehead atoms. The van der Waals surface area contributed by atoms with Crippen LogP contribution in [0.15, 0.2) is 0 Å². The fraction of sp³-hybridized carbons (Fsp3) is 0.833. The summed E-state index contributed by atoms with van der Waals surface area (Å²) < 4.78 is 0. The SMILES string of the molecule is CC(C)C(C)NC(=O)CN1CCCC1C(=O)O. The highest BCUT2D eigenvalue weighted by Gasteiger charge is 2.31. The quantitative estimate of drug-likeness (QED) is 0.744. The molecule has 1 fully saturated rings. The lowest BCUT2D eigenvalue weighted by molar-refractivity contribution is -0.142. The van der Waals surface area contributed by atoms with Gasteiger partial charge in [0.25, 0.3) is 0 Å². The average Bonchev–Trinajstić information content (AvgIpc) is 2.65. The summed E-state index contributed by atoms with van der Waals surface area (Å²) in [4.78, 5) is 24.4. The van der Waals surface area contributed by atoms with Crippen LogP contribution in [0.2, 0.25) is 0 Å². The van der Waals surface area contributed by atoms with E-state index in [-0.39, 0.29) is 18.5 Å². The van der Waals surface area contributed by atoms with Crippen LogP contribution >= 0.6 is 0 Å². The summed E-state index contributed by atoms with van der Waals surface area (Å²) in [5.41, 5.74) is 0. The maximum Gasteiger partial charge on any atom is 0.320 e. The third kappa shape index (κ3) is 4.00. The van der Waals surface area contributed by atoms with Crippen molar-refractivity contribution in [1.29, 1.82) is 0 Å². The summed E-state index contributed by atoms with van der Waals surface area (Å²) in [6.07, 6.45) is 1.49. The molecule has 0 saturated carbocycles. The number of carboxylic acids is 1. The largest absolute Gasteiger partial charge is 0.480 e. The number of nitrogens with zero attached hydrogens (tertiary/aromatic N) is 1. The fourth-order valence-corrected chi connectivity index (χ4v) is 1.95. The molecular weight excluding hydrogens is 220 g/mol. The van der Waals surface area contributed by atoms with Crippen molar-refractivity contribution in [2.45, 2.75) is 45.7 Å². The molecule has 1 saturated heterocycles. The molecule has 0 aromatic heterocycles. The van der Waals surface area contributed by atoms with Crippen LogP contribution in [-0.4, -0.2) is 47.1 Å². The van der Waals surface area contributed by atoms with Crippen molar-refractivity contribution in [3.8, 4) is 0 Å². The number of carboxylic acid groups (broad SMARTS) is 1. The maximum atomic E-state index is 11.7. The molecule has 2 atom stereocenters. The fourth-order valence-electron chi connectivity index (χ4n) is 1.95. The molecule has 98 valence electrons. The van der Waals surface area contributed by atoms with E-state index in [4.69, 9.17) is 5.11 Å². The Kier molecular flexibility index (Phi) is 4.93. The number of carbonyl (C=O) groups is 2. The number of nitrogens with one attached hydrogen (secondary N) is 1. The van der Waals surface area contributed by atoms with Gasteiger partial charge in [-0.2, -0.15) is 0 Å². The van der Waals surface area contributed by atoms with Crippen molar-refractivity contribution in [1.82, 2.24) is 10.2 Å². The monoisotopic (exact) mass is 242 g/mol. The van der Waals surface area contributed by atoms with Gasteiger partial charge in [0.05, 0.1) is 6.54 Å². The molecule has 0 aromatic carbocycles. The normalized spacial score (nSPS) is 22.7. The van der Waals surface area contributed by atoms with Crippen molar-refractivity contribution < 1.29 is 14.7 Å². The van der Waals surface area contributed by atoms with E-state index >= 15 is 0 Å². The molecule has 0 aliphatic carbocycles. The summed E-state index contributed by atoms with van der Waals surface area (Å²) in [7, 11) is 0. The Bertz CT molecular complexity index is 291. The second-order valence-electron chi connectivity index (χ2n) is 5.07. The summed E-state index contributed by atoms with van der Waals surface area (Å²) in [5, 5.41) is 11.9. The van der Waals surface area contributed by atoms with Crippen molar-refractivity contribution in [2.75, 3.05) is 13.1 Å². The average molecular weight is 242 g/mol. The van der Waals surface area contributed by atoms with Gasteiger partial charge < -0.3 is 10.4 Å². The number of rotatable bonds is 5. The highest BCUT2D eigenvalue weighted by atomic mass is 16.4. The molecule has 5 nitrogen and oxygen atoms in total. The zero-order valence-electron chi connectivity index (χ0n) is 10.8. The van der Waals surface area contributed by atoms with E-state index < -0.39 is 12.0 Å². The van der Waals surface area contributed by atoms with E-state index in [0.29, 0.717) is 18.9 Å². The maximum absolute atomic E-state index is 11.7. The highest BCUT2D eigenvalue weighted by molar-refractivity contribution is 5.80. The molecule has 1 aliphatic heterocycles. The molecule has 0 spiro atoms. The molecular formula is C12H22N2O3. The second-order valence-corrected chi connectivity index (χ2v) is 5.07.